The molecule has 0 saturated carbocycles. The van der Waals surface area contributed by atoms with Crippen LogP contribution < -0.4 is 20.5 Å². The molecule has 9 nitrogen and oxygen atoms in total. The number of amides is 2. The van der Waals surface area contributed by atoms with Crippen molar-refractivity contribution in [2.75, 3.05) is 19.0 Å². The maximum absolute atomic E-state index is 12.9. The number of halogens is 2. The number of benzodiazepines with no additional fused rings is 1. The van der Waals surface area contributed by atoms with Gasteiger partial charge in [-0.05, 0) is 42.8 Å². The Bertz CT molecular complexity index is 1580. The molecule has 5 rings (SSSR count). The third kappa shape index (κ3) is 6.78. The Morgan fingerprint density at radius 2 is 1.95 bits per heavy atom. The molecule has 1 aliphatic heterocycles. The van der Waals surface area contributed by atoms with Crippen molar-refractivity contribution >= 4 is 34.8 Å². The molecule has 3 heterocycles. The van der Waals surface area contributed by atoms with E-state index in [4.69, 9.17) is 26.8 Å². The molecule has 40 heavy (non-hydrogen) atoms. The number of nitrogens with zero attached hydrogens (tertiary/aromatic N) is 3. The average Bonchev–Trinajstić information content (AvgIpc) is 3.11. The molecule has 0 radical (unpaired) electrons. The van der Waals surface area contributed by atoms with Gasteiger partial charge < -0.3 is 20.5 Å². The van der Waals surface area contributed by atoms with Crippen molar-refractivity contribution in [3.05, 3.63) is 112 Å². The van der Waals surface area contributed by atoms with E-state index in [1.54, 1.807) is 31.6 Å². The van der Waals surface area contributed by atoms with Crippen molar-refractivity contribution in [2.45, 2.75) is 13.5 Å². The van der Waals surface area contributed by atoms with Gasteiger partial charge in [-0.25, -0.2) is 9.37 Å². The van der Waals surface area contributed by atoms with Crippen LogP contribution in [0.4, 0.5) is 10.1 Å². The molecule has 11 heteroatoms. The lowest BCUT2D eigenvalue weighted by molar-refractivity contribution is -0.114. The fourth-order valence-electron chi connectivity index (χ4n) is 3.89. The summed E-state index contributed by atoms with van der Waals surface area (Å²) in [6.45, 7) is 2.18. The van der Waals surface area contributed by atoms with Gasteiger partial charge in [0.05, 0.1) is 35.3 Å². The summed E-state index contributed by atoms with van der Waals surface area (Å²) in [5, 5.41) is 3.41. The van der Waals surface area contributed by atoms with Crippen LogP contribution in [-0.4, -0.2) is 41.1 Å². The number of hydrogen-bond donors (Lipinski definition) is 2. The van der Waals surface area contributed by atoms with Gasteiger partial charge in [-0.2, -0.15) is 0 Å². The van der Waals surface area contributed by atoms with Crippen LogP contribution in [0.15, 0.2) is 78.2 Å². The summed E-state index contributed by atoms with van der Waals surface area (Å²) >= 11 is 6.44. The Labute approximate surface area is 234 Å². The quantitative estimate of drug-likeness (QED) is 0.350. The fourth-order valence-corrected chi connectivity index (χ4v) is 4.25. The molecular weight excluding hydrogens is 537 g/mol. The molecule has 0 atom stereocenters. The van der Waals surface area contributed by atoms with Crippen molar-refractivity contribution < 1.29 is 23.5 Å². The number of anilines is 1. The number of ether oxygens (including phenoxy) is 2. The predicted molar refractivity (Wildman–Crippen MR) is 150 cm³/mol. The van der Waals surface area contributed by atoms with E-state index in [1.807, 2.05) is 43.3 Å². The molecule has 204 valence electrons. The van der Waals surface area contributed by atoms with Crippen LogP contribution in [0.1, 0.15) is 32.6 Å². The van der Waals surface area contributed by atoms with Gasteiger partial charge in [0.15, 0.2) is 0 Å². The van der Waals surface area contributed by atoms with Gasteiger partial charge in [-0.3, -0.25) is 19.6 Å². The van der Waals surface area contributed by atoms with Gasteiger partial charge in [0.2, 0.25) is 11.8 Å². The summed E-state index contributed by atoms with van der Waals surface area (Å²) in [7, 11) is 1.60. The highest BCUT2D eigenvalue weighted by Gasteiger charge is 2.22. The molecule has 0 fully saturated rings. The molecule has 1 aliphatic rings. The largest absolute Gasteiger partial charge is 0.496 e. The average molecular weight is 562 g/mol. The van der Waals surface area contributed by atoms with Crippen molar-refractivity contribution in [1.29, 1.82) is 0 Å². The number of aliphatic imine (C=N–C) groups is 1. The minimum atomic E-state index is -0.789. The Morgan fingerprint density at radius 1 is 1.15 bits per heavy atom. The maximum Gasteiger partial charge on any atom is 0.254 e. The van der Waals surface area contributed by atoms with Gasteiger partial charge in [0.25, 0.3) is 5.91 Å². The lowest BCUT2D eigenvalue weighted by Gasteiger charge is -2.15. The first-order chi connectivity index (χ1) is 19.3. The Hall–Kier alpha value is -4.83. The number of hydrogen-bond acceptors (Lipinski definition) is 7. The topological polar surface area (TPSA) is 129 Å². The van der Waals surface area contributed by atoms with Crippen molar-refractivity contribution in [3.63, 3.8) is 0 Å². The molecule has 4 aromatic rings. The molecule has 0 saturated heterocycles. The van der Waals surface area contributed by atoms with E-state index in [2.05, 4.69) is 20.3 Å². The van der Waals surface area contributed by atoms with Crippen molar-refractivity contribution in [3.8, 4) is 11.6 Å². The van der Waals surface area contributed by atoms with Crippen LogP contribution in [-0.2, 0) is 11.4 Å². The van der Waals surface area contributed by atoms with Crippen molar-refractivity contribution in [2.24, 2.45) is 10.7 Å². The van der Waals surface area contributed by atoms with Gasteiger partial charge in [-0.15, -0.1) is 0 Å². The standard InChI is InChI=1S/C17H15ClN2O2.C12H10FN3O2/c1-10-7-12(18)16(14(8-10)22-2)17-11-5-3-4-6-13(11)20-15(21)9-19-17;13-9-4-10(11(14)17)12(16-6-9)18-7-8-2-1-3-15-5-8/h3-8H,9H2,1-2H3,(H,20,21);1-6H,7H2,(H2,14,17). The third-order valence-electron chi connectivity index (χ3n) is 5.67. The summed E-state index contributed by atoms with van der Waals surface area (Å²) in [6.07, 6.45) is 4.22. The van der Waals surface area contributed by atoms with E-state index in [0.717, 1.165) is 34.6 Å². The molecule has 2 aromatic carbocycles. The van der Waals surface area contributed by atoms with Gasteiger partial charge >= 0.3 is 0 Å². The highest BCUT2D eigenvalue weighted by atomic mass is 35.5. The summed E-state index contributed by atoms with van der Waals surface area (Å²) < 4.78 is 23.7. The zero-order chi connectivity index (χ0) is 28.6. The number of primary amides is 1. The van der Waals surface area contributed by atoms with E-state index in [-0.39, 0.29) is 30.5 Å². The zero-order valence-electron chi connectivity index (χ0n) is 21.7. The third-order valence-corrected chi connectivity index (χ3v) is 5.97. The van der Waals surface area contributed by atoms with E-state index < -0.39 is 11.7 Å². The SMILES string of the molecule is COc1cc(C)cc(Cl)c1C1=NCC(=O)Nc2ccccc21.NC(=O)c1cc(F)cnc1OCc1cccnc1. The number of aryl methyl sites for hydroxylation is 1. The minimum absolute atomic E-state index is 0.00718. The second kappa shape index (κ2) is 12.8. The maximum atomic E-state index is 12.9. The number of fused-ring (bicyclic) bond motifs is 1. The van der Waals surface area contributed by atoms with Crippen LogP contribution in [0.5, 0.6) is 11.6 Å². The minimum Gasteiger partial charge on any atom is -0.496 e. The molecule has 2 amide bonds. The van der Waals surface area contributed by atoms with Crippen LogP contribution in [0.3, 0.4) is 0 Å². The summed E-state index contributed by atoms with van der Waals surface area (Å²) in [6, 6.07) is 15.9. The molecule has 3 N–H and O–H groups in total. The van der Waals surface area contributed by atoms with Crippen LogP contribution >= 0.6 is 11.6 Å². The lowest BCUT2D eigenvalue weighted by Crippen LogP contribution is -2.14. The number of carbonyl (C=O) groups is 2. The monoisotopic (exact) mass is 561 g/mol. The second-order valence-corrected chi connectivity index (χ2v) is 9.01. The molecule has 0 spiro atoms. The van der Waals surface area contributed by atoms with Gasteiger partial charge in [0, 0.05) is 23.5 Å². The Morgan fingerprint density at radius 3 is 2.67 bits per heavy atom. The van der Waals surface area contributed by atoms with Crippen LogP contribution in [0, 0.1) is 12.7 Å². The van der Waals surface area contributed by atoms with E-state index >= 15 is 0 Å². The molecular formula is C29H25ClFN5O4. The first-order valence-corrected chi connectivity index (χ1v) is 12.4. The van der Waals surface area contributed by atoms with Gasteiger partial charge in [0.1, 0.15) is 30.3 Å². The first kappa shape index (κ1) is 28.2. The fraction of sp³-hybridized carbons (Fsp3) is 0.138. The number of para-hydroxylation sites is 1. The van der Waals surface area contributed by atoms with E-state index in [9.17, 15) is 14.0 Å². The highest BCUT2D eigenvalue weighted by Crippen LogP contribution is 2.33. The van der Waals surface area contributed by atoms with Gasteiger partial charge in [-0.1, -0.05) is 35.9 Å². The van der Waals surface area contributed by atoms with Crippen LogP contribution in [0.2, 0.25) is 5.02 Å². The number of methoxy groups -OCH3 is 1. The smallest absolute Gasteiger partial charge is 0.254 e. The first-order valence-electron chi connectivity index (χ1n) is 12.0. The van der Waals surface area contributed by atoms with Crippen LogP contribution in [0.25, 0.3) is 0 Å². The summed E-state index contributed by atoms with van der Waals surface area (Å²) in [5.74, 6) is -0.925. The molecule has 0 aliphatic carbocycles. The summed E-state index contributed by atoms with van der Waals surface area (Å²) in [5.41, 5.74) is 9.76. The number of aromatic nitrogens is 2. The predicted octanol–water partition coefficient (Wildman–Crippen LogP) is 4.74. The molecule has 0 bridgehead atoms. The number of pyridine rings is 2. The highest BCUT2D eigenvalue weighted by molar-refractivity contribution is 6.36. The number of nitrogens with one attached hydrogen (secondary N) is 1. The number of benzene rings is 2. The Kier molecular flexibility index (Phi) is 9.03. The lowest BCUT2D eigenvalue weighted by atomic mass is 9.98. The Balaban J connectivity index is 0.000000189. The number of rotatable bonds is 6. The zero-order valence-corrected chi connectivity index (χ0v) is 22.4. The molecule has 2 aromatic heterocycles. The molecule has 0 unspecified atom stereocenters. The second-order valence-electron chi connectivity index (χ2n) is 8.60. The number of nitrogens with two attached hydrogens (primary N) is 1. The number of carbonyl (C=O) groups excluding carboxylic acids is 2. The van der Waals surface area contributed by atoms with Crippen molar-refractivity contribution in [1.82, 2.24) is 9.97 Å². The normalized spacial score (nSPS) is 12.1. The van der Waals surface area contributed by atoms with E-state index in [0.29, 0.717) is 22.0 Å². The van der Waals surface area contributed by atoms with E-state index in [1.165, 1.54) is 0 Å². The summed E-state index contributed by atoms with van der Waals surface area (Å²) in [4.78, 5) is 35.0.